The van der Waals surface area contributed by atoms with E-state index in [0.29, 0.717) is 25.7 Å². The molecule has 2 aliphatic heterocycles. The summed E-state index contributed by atoms with van der Waals surface area (Å²) in [6, 6.07) is -1.35. The van der Waals surface area contributed by atoms with Crippen molar-refractivity contribution in [2.75, 3.05) is 66.6 Å². The number of ketones is 1. The van der Waals surface area contributed by atoms with E-state index in [1.165, 1.54) is 94.9 Å². The maximum absolute atomic E-state index is 14.9. The first-order valence-electron chi connectivity index (χ1n) is 39.4. The zero-order valence-electron chi connectivity index (χ0n) is 63.4. The fourth-order valence-corrected chi connectivity index (χ4v) is 13.7. The van der Waals surface area contributed by atoms with E-state index in [1.807, 2.05) is 0 Å². The number of ether oxygens (including phenoxy) is 11. The van der Waals surface area contributed by atoms with Gasteiger partial charge in [-0.2, -0.15) is 0 Å². The zero-order valence-corrected chi connectivity index (χ0v) is 64.3. The van der Waals surface area contributed by atoms with Crippen molar-refractivity contribution in [3.8, 4) is 0 Å². The largest absolute Gasteiger partial charge is 0.509 e. The molecule has 2 heterocycles. The summed E-state index contributed by atoms with van der Waals surface area (Å²) in [5, 5.41) is 14.9. The highest BCUT2D eigenvalue weighted by Crippen LogP contribution is 2.53. The molecule has 21 nitrogen and oxygen atoms in total. The van der Waals surface area contributed by atoms with Crippen LogP contribution in [0.5, 0.6) is 0 Å². The van der Waals surface area contributed by atoms with Crippen LogP contribution in [0.4, 0.5) is 9.59 Å². The molecule has 0 saturated carbocycles. The quantitative estimate of drug-likeness (QED) is 0.0189. The number of carbonyl (C=O) groups is 4. The average molecular weight is 1450 g/mol. The topological polar surface area (TPSA) is 247 Å². The van der Waals surface area contributed by atoms with Crippen molar-refractivity contribution >= 4 is 31.8 Å². The summed E-state index contributed by atoms with van der Waals surface area (Å²) in [7, 11) is -2.92. The third-order valence-corrected chi connectivity index (χ3v) is 19.5. The number of nitrogens with one attached hydrogen (secondary N) is 1. The normalized spacial score (nSPS) is 21.0. The van der Waals surface area contributed by atoms with E-state index in [4.69, 9.17) is 65.7 Å². The molecule has 2 saturated heterocycles. The number of carbonyl (C=O) groups excluding carboxylic acids is 4. The maximum atomic E-state index is 14.9. The Bertz CT molecular complexity index is 2170. The van der Waals surface area contributed by atoms with Crippen LogP contribution >= 0.6 is 7.82 Å². The Balaban J connectivity index is 2.73. The average Bonchev–Trinajstić information content (AvgIpc) is 0.784. The summed E-state index contributed by atoms with van der Waals surface area (Å²) in [6.07, 6.45) is 34.6. The second-order valence-electron chi connectivity index (χ2n) is 26.9. The molecular weight excluding hydrogens is 1310 g/mol. The summed E-state index contributed by atoms with van der Waals surface area (Å²) < 4.78 is 102. The first-order valence-corrected chi connectivity index (χ1v) is 40.8. The number of methoxy groups -OCH3 is 1. The number of rotatable bonds is 69. The van der Waals surface area contributed by atoms with Gasteiger partial charge in [0.1, 0.15) is 68.3 Å². The molecule has 2 aliphatic rings. The molecule has 586 valence electrons. The minimum Gasteiger partial charge on any atom is -0.431 e. The van der Waals surface area contributed by atoms with Crippen molar-refractivity contribution < 1.29 is 94.5 Å². The van der Waals surface area contributed by atoms with Gasteiger partial charge in [0, 0.05) is 33.4 Å². The molecule has 0 aliphatic carbocycles. The number of phosphoric ester groups is 1. The summed E-state index contributed by atoms with van der Waals surface area (Å²) in [4.78, 5) is 54.2. The van der Waals surface area contributed by atoms with Gasteiger partial charge in [-0.15, -0.1) is 13.2 Å². The van der Waals surface area contributed by atoms with Crippen LogP contribution in [-0.4, -0.2) is 163 Å². The lowest BCUT2D eigenvalue weighted by Crippen LogP contribution is -2.66. The smallest absolute Gasteiger partial charge is 0.431 e. The summed E-state index contributed by atoms with van der Waals surface area (Å²) in [5.41, 5.74) is 0. The van der Waals surface area contributed by atoms with E-state index in [0.717, 1.165) is 148 Å². The molecule has 0 spiro atoms. The van der Waals surface area contributed by atoms with E-state index < -0.39 is 107 Å². The van der Waals surface area contributed by atoms with Gasteiger partial charge in [0.05, 0.1) is 32.3 Å². The minimum absolute atomic E-state index is 0.0662. The lowest BCUT2D eigenvalue weighted by atomic mass is 9.95. The molecule has 0 radical (unpaired) electrons. The Morgan fingerprint density at radius 3 is 1.46 bits per heavy atom. The Hall–Kier alpha value is -3.83. The lowest BCUT2D eigenvalue weighted by Gasteiger charge is -2.47. The number of amides is 1. The van der Waals surface area contributed by atoms with E-state index in [-0.39, 0.29) is 64.6 Å². The highest BCUT2D eigenvalue weighted by molar-refractivity contribution is 7.48. The molecule has 0 aromatic heterocycles. The summed E-state index contributed by atoms with van der Waals surface area (Å²) in [6.45, 7) is 22.0. The number of unbranched alkanes of at least 4 members (excludes halogenated alkanes) is 31. The van der Waals surface area contributed by atoms with Gasteiger partial charge in [0.25, 0.3) is 0 Å². The number of Topliss-reactive ketones (excluding diaryl/α,β-unsaturated/α-hetero) is 1. The van der Waals surface area contributed by atoms with Crippen LogP contribution in [0.2, 0.25) is 0 Å². The Morgan fingerprint density at radius 2 is 0.931 bits per heavy atom. The maximum Gasteiger partial charge on any atom is 0.509 e. The van der Waals surface area contributed by atoms with Gasteiger partial charge < -0.3 is 62.5 Å². The molecule has 0 unspecified atom stereocenters. The Labute approximate surface area is 610 Å². The lowest BCUT2D eigenvalue weighted by molar-refractivity contribution is -0.329. The first-order chi connectivity index (χ1) is 49.3. The standard InChI is InChI=1S/C79H140NO20P/c1-10-18-22-26-29-32-33-34-35-36-37-38-40-43-47-51-60-89-75-74(90-61-54-66(87-9)53-49-44-25-21-13-4)72(100-101(86,95-57-16-7)96-58-17-8)68(64-94-78(84)91-55-14-5)98-77(75)93-63-67-71(99-79(85)92-56-15-6)73(88-59-50-46-42-31-28-24-20-12-3)70(76(83)97-67)80-69(82)62-65(81)52-48-45-41-39-30-27-23-19-11-2/h14-17,32-33,66-68,70-77,83H,5-8,10-13,18-31,34-64H2,1-4,9H3,(H,80,82)/t66-,67-,68-,70-,71-,72-,73-,74+,75-,76+,77-/m1/s1. The van der Waals surface area contributed by atoms with Crippen LogP contribution in [-0.2, 0) is 79.8 Å². The third kappa shape index (κ3) is 45.3. The Morgan fingerprint density at radius 1 is 0.475 bits per heavy atom. The molecule has 2 rings (SSSR count). The van der Waals surface area contributed by atoms with Gasteiger partial charge in [-0.25, -0.2) is 14.2 Å². The minimum atomic E-state index is -4.58. The monoisotopic (exact) mass is 1450 g/mol. The van der Waals surface area contributed by atoms with E-state index >= 15 is 0 Å². The number of hydrogen-bond donors (Lipinski definition) is 2. The molecule has 0 aromatic carbocycles. The molecule has 22 heteroatoms. The fraction of sp³-hybridized carbons (Fsp3) is 0.823. The van der Waals surface area contributed by atoms with E-state index in [1.54, 1.807) is 7.11 Å². The van der Waals surface area contributed by atoms with Crippen molar-refractivity contribution in [3.05, 3.63) is 62.8 Å². The van der Waals surface area contributed by atoms with Crippen LogP contribution in [0.1, 0.15) is 285 Å². The number of phosphoric acid groups is 1. The number of aliphatic hydroxyl groups is 1. The van der Waals surface area contributed by atoms with Crippen molar-refractivity contribution in [3.63, 3.8) is 0 Å². The van der Waals surface area contributed by atoms with E-state index in [2.05, 4.69) is 71.5 Å². The second-order valence-corrected chi connectivity index (χ2v) is 28.5. The number of hydrogen-bond acceptors (Lipinski definition) is 20. The van der Waals surface area contributed by atoms with Crippen molar-refractivity contribution in [2.24, 2.45) is 0 Å². The van der Waals surface area contributed by atoms with Gasteiger partial charge in [0.2, 0.25) is 5.91 Å². The van der Waals surface area contributed by atoms with Crippen LogP contribution in [0, 0.1) is 0 Å². The molecule has 2 fully saturated rings. The fourth-order valence-electron chi connectivity index (χ4n) is 12.4. The Kier molecular flexibility index (Phi) is 58.6. The highest BCUT2D eigenvalue weighted by Gasteiger charge is 2.54. The zero-order chi connectivity index (χ0) is 73.7. The van der Waals surface area contributed by atoms with Crippen molar-refractivity contribution in [1.29, 1.82) is 0 Å². The van der Waals surface area contributed by atoms with Crippen LogP contribution in [0.3, 0.4) is 0 Å². The molecule has 11 atom stereocenters. The predicted molar refractivity (Wildman–Crippen MR) is 398 cm³/mol. The van der Waals surface area contributed by atoms with Gasteiger partial charge in [-0.3, -0.25) is 23.2 Å². The SMILES string of the molecule is C=CCOC(=O)OC[C@H]1O[C@@H](OC[C@H]2O[C@H](O)[C@H](NC(=O)CC(=O)CCCCCCCCCCC)[C@@H](OCCCCCCCCCC)[C@@H]2OC(=O)OCC=C)[C@H](OCCCCCCCCCCC=CCCCCCC)[C@@H](OCC[C@@H](CCCCCCC)OC)[C@@H]1OP(=O)(OCC=C)OCC=C. The molecule has 101 heavy (non-hydrogen) atoms. The summed E-state index contributed by atoms with van der Waals surface area (Å²) in [5.74, 6) is -0.917. The van der Waals surface area contributed by atoms with Gasteiger partial charge in [-0.05, 0) is 57.8 Å². The second kappa shape index (κ2) is 63.4. The molecule has 0 bridgehead atoms. The van der Waals surface area contributed by atoms with Crippen LogP contribution < -0.4 is 5.32 Å². The highest BCUT2D eigenvalue weighted by atomic mass is 31.2. The molecule has 0 aromatic rings. The summed E-state index contributed by atoms with van der Waals surface area (Å²) >= 11 is 0. The van der Waals surface area contributed by atoms with Crippen LogP contribution in [0.15, 0.2) is 62.8 Å². The predicted octanol–water partition coefficient (Wildman–Crippen LogP) is 18.9. The van der Waals surface area contributed by atoms with Gasteiger partial charge in [0.15, 0.2) is 18.7 Å². The third-order valence-electron chi connectivity index (χ3n) is 18.1. The molecule has 1 amide bonds. The van der Waals surface area contributed by atoms with Crippen molar-refractivity contribution in [2.45, 2.75) is 352 Å². The molecular formula is C79H140NO20P. The number of allylic oxidation sites excluding steroid dienone is 2. The van der Waals surface area contributed by atoms with E-state index in [9.17, 15) is 28.8 Å². The first kappa shape index (κ1) is 93.3. The molecule has 2 N–H and O–H groups in total. The van der Waals surface area contributed by atoms with Gasteiger partial charge in [-0.1, -0.05) is 264 Å². The van der Waals surface area contributed by atoms with Crippen molar-refractivity contribution in [1.82, 2.24) is 5.32 Å². The van der Waals surface area contributed by atoms with Crippen LogP contribution in [0.25, 0.3) is 0 Å². The van der Waals surface area contributed by atoms with Gasteiger partial charge >= 0.3 is 20.1 Å². The number of aliphatic hydroxyl groups excluding tert-OH is 1.